The molecule has 2 saturated carbocycles. The zero-order valence-electron chi connectivity index (χ0n) is 26.6. The molecule has 4 N–H and O–H groups in total. The maximum absolute atomic E-state index is 14.6. The number of hydrogen-bond acceptors (Lipinski definition) is 10. The highest BCUT2D eigenvalue weighted by Crippen LogP contribution is 2.44. The molecule has 1 unspecified atom stereocenters. The number of benzene rings is 1. The van der Waals surface area contributed by atoms with Gasteiger partial charge in [-0.2, -0.15) is 0 Å². The van der Waals surface area contributed by atoms with Gasteiger partial charge in [0.2, 0.25) is 0 Å². The van der Waals surface area contributed by atoms with Gasteiger partial charge in [-0.15, -0.1) is 5.10 Å². The van der Waals surface area contributed by atoms with Gasteiger partial charge in [-0.05, 0) is 36.9 Å². The van der Waals surface area contributed by atoms with E-state index in [2.05, 4.69) is 25.6 Å². The number of anilines is 1. The largest absolute Gasteiger partial charge is 0.394 e. The molecule has 1 aromatic carbocycles. The topological polar surface area (TPSA) is 138 Å². The molecule has 3 aromatic rings. The molecule has 0 spiro atoms. The fourth-order valence-electron chi connectivity index (χ4n) is 4.28. The van der Waals surface area contributed by atoms with Gasteiger partial charge in [-0.3, -0.25) is 0 Å². The molecule has 12 heteroatoms. The fraction of sp³-hybridized carbons (Fsp3) is 0.583. The first-order valence-corrected chi connectivity index (χ1v) is 12.4. The average Bonchev–Trinajstić information content (AvgIpc) is 3.48. The van der Waals surface area contributed by atoms with E-state index in [-0.39, 0.29) is 58.2 Å². The van der Waals surface area contributed by atoms with Crippen LogP contribution in [0.4, 0.5) is 10.2 Å². The third-order valence-corrected chi connectivity index (χ3v) is 7.06. The number of nitrogens with one attached hydrogen (secondary N) is 1. The molecule has 10 nitrogen and oxygen atoms in total. The first kappa shape index (κ1) is 18.0. The monoisotopic (exact) mass is 525 g/mol. The van der Waals surface area contributed by atoms with E-state index in [0.717, 1.165) is 11.8 Å². The summed E-state index contributed by atoms with van der Waals surface area (Å²) in [5, 5.41) is 42.1. The number of aliphatic hydroxyl groups excluding tert-OH is 3. The van der Waals surface area contributed by atoms with Crippen LogP contribution in [0.3, 0.4) is 0 Å². The molecule has 2 heterocycles. The molecule has 2 aliphatic rings. The first-order valence-electron chi connectivity index (χ1n) is 15.1. The summed E-state index contributed by atoms with van der Waals surface area (Å²) >= 11 is 0.751. The maximum atomic E-state index is 14.6. The summed E-state index contributed by atoms with van der Waals surface area (Å²) < 4.78 is 77.4. The van der Waals surface area contributed by atoms with Crippen molar-refractivity contribution in [3.05, 3.63) is 35.1 Å². The van der Waals surface area contributed by atoms with Gasteiger partial charge in [-0.1, -0.05) is 36.0 Å². The summed E-state index contributed by atoms with van der Waals surface area (Å²) in [5.41, 5.74) is -1.48. The van der Waals surface area contributed by atoms with Gasteiger partial charge in [0.25, 0.3) is 0 Å². The molecule has 5 rings (SSSR count). The number of aliphatic hydroxyl groups is 3. The summed E-state index contributed by atoms with van der Waals surface area (Å²) in [6.45, 7) is -0.411. The molecule has 2 fully saturated rings. The number of halogens is 1. The smallest absolute Gasteiger partial charge is 0.191 e. The standard InChI is InChI=1S/C24H31FN6O4S/c1-3-8-36-24-27-22(26-16-10-14(16)13-5-4-12(2)15(25)9-13)19-23(28-24)31(30-29-19)17-11-18(35-7-6-32)21(34)20(17)33/h4-5,9,14,16-18,20-21,32-34H,3,6-8,10-11H2,1-2H3,(H,26,27,28)/t14-,16?,17+,18-,20-,21+/m0/s1/i4D,5D,7D2,8D2,9D. The fourth-order valence-corrected chi connectivity index (χ4v) is 4.82. The van der Waals surface area contributed by atoms with Crippen LogP contribution in [0.1, 0.15) is 58.9 Å². The van der Waals surface area contributed by atoms with E-state index in [4.69, 9.17) is 14.3 Å². The first-order chi connectivity index (χ1) is 20.1. The molecule has 0 bridgehead atoms. The second-order valence-electron chi connectivity index (χ2n) is 8.72. The average molecular weight is 526 g/mol. The number of thioether (sulfide) groups is 1. The maximum Gasteiger partial charge on any atom is 0.191 e. The van der Waals surface area contributed by atoms with Gasteiger partial charge in [0.05, 0.1) is 32.2 Å². The number of nitrogens with zero attached hydrogens (tertiary/aromatic N) is 5. The molecule has 0 radical (unpaired) electrons. The summed E-state index contributed by atoms with van der Waals surface area (Å²) in [7, 11) is 0. The van der Waals surface area contributed by atoms with Crippen molar-refractivity contribution < 1.29 is 34.0 Å². The van der Waals surface area contributed by atoms with E-state index in [1.165, 1.54) is 11.6 Å². The minimum atomic E-state index is -2.46. The Balaban J connectivity index is 1.50. The van der Waals surface area contributed by atoms with Crippen LogP contribution in [0.5, 0.6) is 0 Å². The van der Waals surface area contributed by atoms with Crippen LogP contribution < -0.4 is 5.32 Å². The second kappa shape index (κ2) is 10.5. The van der Waals surface area contributed by atoms with E-state index in [9.17, 15) is 19.7 Å². The minimum absolute atomic E-state index is 0.0113. The molecule has 36 heavy (non-hydrogen) atoms. The molecule has 0 amide bonds. The lowest BCUT2D eigenvalue weighted by Crippen LogP contribution is -2.33. The van der Waals surface area contributed by atoms with Gasteiger partial charge in [0.15, 0.2) is 22.1 Å². The SMILES string of the molecule is [2H]c1c([2H])c([C@@H]2CC2Nc2nc(SC([2H])([2H])CC)nc3c2nnn3[C@@H]2C[C@H](OC([2H])([2H])CO)[C@@H](O)[C@H]2O)c([2H])c(F)c1C. The predicted molar refractivity (Wildman–Crippen MR) is 133 cm³/mol. The van der Waals surface area contributed by atoms with Crippen LogP contribution in [0, 0.1) is 12.7 Å². The lowest BCUT2D eigenvalue weighted by Gasteiger charge is -2.17. The minimum Gasteiger partial charge on any atom is -0.394 e. The van der Waals surface area contributed by atoms with E-state index in [0.29, 0.717) is 6.42 Å². The van der Waals surface area contributed by atoms with Crippen LogP contribution in [-0.2, 0) is 4.74 Å². The van der Waals surface area contributed by atoms with Crippen LogP contribution >= 0.6 is 11.8 Å². The number of rotatable bonds is 10. The summed E-state index contributed by atoms with van der Waals surface area (Å²) in [6.07, 6.45) is -3.75. The van der Waals surface area contributed by atoms with Crippen molar-refractivity contribution in [3.8, 4) is 0 Å². The lowest BCUT2D eigenvalue weighted by molar-refractivity contribution is -0.0629. The molecule has 2 aliphatic carbocycles. The zero-order chi connectivity index (χ0) is 31.6. The van der Waals surface area contributed by atoms with Crippen molar-refractivity contribution in [2.24, 2.45) is 0 Å². The van der Waals surface area contributed by atoms with Crippen molar-refractivity contribution >= 4 is 28.7 Å². The van der Waals surface area contributed by atoms with Crippen molar-refractivity contribution in [1.29, 1.82) is 0 Å². The van der Waals surface area contributed by atoms with Crippen molar-refractivity contribution in [3.63, 3.8) is 0 Å². The third-order valence-electron chi connectivity index (χ3n) is 6.26. The number of aromatic nitrogens is 5. The molecule has 194 valence electrons. The van der Waals surface area contributed by atoms with Crippen molar-refractivity contribution in [2.75, 3.05) is 24.2 Å². The highest BCUT2D eigenvalue weighted by atomic mass is 32.2. The molecule has 0 aliphatic heterocycles. The molecular formula is C24H31FN6O4S. The Bertz CT molecular complexity index is 1520. The highest BCUT2D eigenvalue weighted by molar-refractivity contribution is 7.99. The van der Waals surface area contributed by atoms with Gasteiger partial charge in [0.1, 0.15) is 18.0 Å². The Hall–Kier alpha value is -2.38. The summed E-state index contributed by atoms with van der Waals surface area (Å²) in [5.74, 6) is -1.17. The van der Waals surface area contributed by atoms with E-state index < -0.39 is 67.0 Å². The van der Waals surface area contributed by atoms with Crippen molar-refractivity contribution in [1.82, 2.24) is 25.0 Å². The van der Waals surface area contributed by atoms with E-state index in [1.807, 2.05) is 0 Å². The highest BCUT2D eigenvalue weighted by Gasteiger charge is 2.45. The Morgan fingerprint density at radius 2 is 2.14 bits per heavy atom. The number of fused-ring (bicyclic) bond motifs is 1. The summed E-state index contributed by atoms with van der Waals surface area (Å²) in [6, 6.07) is -2.33. The van der Waals surface area contributed by atoms with Crippen molar-refractivity contribution in [2.45, 2.75) is 74.6 Å². The second-order valence-corrected chi connectivity index (χ2v) is 9.58. The zero-order valence-corrected chi connectivity index (χ0v) is 20.4. The van der Waals surface area contributed by atoms with Gasteiger partial charge in [0, 0.05) is 26.8 Å². The van der Waals surface area contributed by atoms with Gasteiger partial charge >= 0.3 is 0 Å². The Morgan fingerprint density at radius 1 is 1.31 bits per heavy atom. The van der Waals surface area contributed by atoms with Crippen LogP contribution in [0.25, 0.3) is 11.2 Å². The van der Waals surface area contributed by atoms with Crippen LogP contribution in [-0.4, -0.2) is 83.5 Å². The van der Waals surface area contributed by atoms with Gasteiger partial charge < -0.3 is 25.4 Å². The lowest BCUT2D eigenvalue weighted by atomic mass is 10.1. The van der Waals surface area contributed by atoms with E-state index in [1.54, 1.807) is 6.92 Å². The van der Waals surface area contributed by atoms with Crippen LogP contribution in [0.2, 0.25) is 0 Å². The quantitative estimate of drug-likeness (QED) is 0.230. The normalized spacial score (nSPS) is 31.2. The van der Waals surface area contributed by atoms with Crippen LogP contribution in [0.15, 0.2) is 23.3 Å². The molecular weight excluding hydrogens is 487 g/mol. The molecule has 0 saturated heterocycles. The third kappa shape index (κ3) is 4.92. The number of hydrogen-bond donors (Lipinski definition) is 4. The predicted octanol–water partition coefficient (Wildman–Crippen LogP) is 2.18. The molecule has 6 atom stereocenters. The Morgan fingerprint density at radius 3 is 2.92 bits per heavy atom. The summed E-state index contributed by atoms with van der Waals surface area (Å²) in [4.78, 5) is 8.89. The van der Waals surface area contributed by atoms with E-state index >= 15 is 0 Å². The van der Waals surface area contributed by atoms with Gasteiger partial charge in [-0.25, -0.2) is 19.0 Å². The molecule has 2 aromatic heterocycles. The Kier molecular flexibility index (Phi) is 5.26. The number of ether oxygens (including phenoxy) is 1. The Labute approximate surface area is 222 Å².